The van der Waals surface area contributed by atoms with Gasteiger partial charge in [-0.25, -0.2) is 4.98 Å². The van der Waals surface area contributed by atoms with Crippen molar-refractivity contribution in [2.45, 2.75) is 50.8 Å². The summed E-state index contributed by atoms with van der Waals surface area (Å²) in [6.07, 6.45) is 0.743. The van der Waals surface area contributed by atoms with Gasteiger partial charge < -0.3 is 5.11 Å². The number of rotatable bonds is 2. The number of hydrogen-bond acceptors (Lipinski definition) is 2. The Morgan fingerprint density at radius 2 is 1.75 bits per heavy atom. The second-order valence-corrected chi connectivity index (χ2v) is 5.63. The van der Waals surface area contributed by atoms with Gasteiger partial charge in [0, 0.05) is 5.56 Å². The second-order valence-electron chi connectivity index (χ2n) is 5.27. The maximum Gasteiger partial charge on any atom is 0.433 e. The second kappa shape index (κ2) is 6.31. The average Bonchev–Trinajstić information content (AvgIpc) is 2.65. The third-order valence-corrected chi connectivity index (χ3v) is 4.14. The van der Waals surface area contributed by atoms with Crippen LogP contribution in [-0.2, 0) is 6.18 Å². The molecule has 1 saturated carbocycles. The first-order valence-corrected chi connectivity index (χ1v) is 7.19. The van der Waals surface area contributed by atoms with E-state index in [-0.39, 0.29) is 11.1 Å². The van der Waals surface area contributed by atoms with Crippen LogP contribution in [-0.4, -0.2) is 10.1 Å². The highest BCUT2D eigenvalue weighted by Gasteiger charge is 2.34. The first-order chi connectivity index (χ1) is 9.39. The summed E-state index contributed by atoms with van der Waals surface area (Å²) in [5, 5.41) is 10.1. The molecule has 0 bridgehead atoms. The molecule has 0 aromatic carbocycles. The van der Waals surface area contributed by atoms with Gasteiger partial charge in [0.25, 0.3) is 0 Å². The SMILES string of the molecule is OC(c1ccc(C(F)(F)F)nc1Cl)C1CCCCCC1. The highest BCUT2D eigenvalue weighted by molar-refractivity contribution is 6.30. The van der Waals surface area contributed by atoms with E-state index in [9.17, 15) is 18.3 Å². The van der Waals surface area contributed by atoms with Gasteiger partial charge in [-0.2, -0.15) is 13.2 Å². The minimum Gasteiger partial charge on any atom is -0.388 e. The van der Waals surface area contributed by atoms with Crippen LogP contribution >= 0.6 is 11.6 Å². The van der Waals surface area contributed by atoms with Gasteiger partial charge in [0.15, 0.2) is 0 Å². The van der Waals surface area contributed by atoms with Crippen molar-refractivity contribution in [1.82, 2.24) is 4.98 Å². The molecular formula is C14H17ClF3NO. The highest BCUT2D eigenvalue weighted by Crippen LogP contribution is 2.37. The molecule has 1 unspecified atom stereocenters. The molecular weight excluding hydrogens is 291 g/mol. The summed E-state index contributed by atoms with van der Waals surface area (Å²) in [5.74, 6) is 0.0496. The molecule has 20 heavy (non-hydrogen) atoms. The van der Waals surface area contributed by atoms with E-state index in [1.165, 1.54) is 6.07 Å². The van der Waals surface area contributed by atoms with Crippen molar-refractivity contribution >= 4 is 11.6 Å². The van der Waals surface area contributed by atoms with E-state index < -0.39 is 18.0 Å². The van der Waals surface area contributed by atoms with Crippen LogP contribution in [0.4, 0.5) is 13.2 Å². The summed E-state index contributed by atoms with van der Waals surface area (Å²) in [7, 11) is 0. The van der Waals surface area contributed by atoms with Crippen LogP contribution in [0.3, 0.4) is 0 Å². The molecule has 1 aromatic heterocycles. The molecule has 1 atom stereocenters. The van der Waals surface area contributed by atoms with Crippen molar-refractivity contribution in [2.24, 2.45) is 5.92 Å². The van der Waals surface area contributed by atoms with Gasteiger partial charge >= 0.3 is 6.18 Å². The molecule has 112 valence electrons. The Hall–Kier alpha value is -0.810. The molecule has 0 amide bonds. The van der Waals surface area contributed by atoms with Gasteiger partial charge in [0.1, 0.15) is 10.8 Å². The van der Waals surface area contributed by atoms with Gasteiger partial charge in [-0.15, -0.1) is 0 Å². The summed E-state index contributed by atoms with van der Waals surface area (Å²) in [6, 6.07) is 2.12. The molecule has 2 rings (SSSR count). The zero-order chi connectivity index (χ0) is 14.8. The summed E-state index contributed by atoms with van der Waals surface area (Å²) in [4.78, 5) is 3.36. The zero-order valence-electron chi connectivity index (χ0n) is 11.0. The molecule has 2 nitrogen and oxygen atoms in total. The molecule has 0 saturated heterocycles. The Morgan fingerprint density at radius 3 is 2.25 bits per heavy atom. The van der Waals surface area contributed by atoms with E-state index in [1.54, 1.807) is 0 Å². The van der Waals surface area contributed by atoms with E-state index in [2.05, 4.69) is 4.98 Å². The standard InChI is InChI=1S/C14H17ClF3NO/c15-13-10(7-8-11(19-13)14(16,17)18)12(20)9-5-3-1-2-4-6-9/h7-9,12,20H,1-6H2. The smallest absolute Gasteiger partial charge is 0.388 e. The normalized spacial score (nSPS) is 19.6. The Morgan fingerprint density at radius 1 is 1.15 bits per heavy atom. The number of aliphatic hydroxyl groups is 1. The van der Waals surface area contributed by atoms with Gasteiger partial charge in [-0.3, -0.25) is 0 Å². The number of alkyl halides is 3. The minimum absolute atomic E-state index is 0.0496. The van der Waals surface area contributed by atoms with Gasteiger partial charge in [0.05, 0.1) is 6.10 Å². The molecule has 1 N–H and O–H groups in total. The quantitative estimate of drug-likeness (QED) is 0.631. The monoisotopic (exact) mass is 307 g/mol. The molecule has 1 heterocycles. The minimum atomic E-state index is -4.52. The fraction of sp³-hybridized carbons (Fsp3) is 0.643. The summed E-state index contributed by atoms with van der Waals surface area (Å²) >= 11 is 5.82. The maximum absolute atomic E-state index is 12.5. The van der Waals surface area contributed by atoms with Crippen molar-refractivity contribution < 1.29 is 18.3 Å². The van der Waals surface area contributed by atoms with E-state index in [0.717, 1.165) is 44.6 Å². The predicted octanol–water partition coefficient (Wildman–Crippen LogP) is 4.76. The fourth-order valence-electron chi connectivity index (χ4n) is 2.70. The molecule has 1 aliphatic carbocycles. The molecule has 1 aliphatic rings. The third-order valence-electron chi connectivity index (χ3n) is 3.83. The van der Waals surface area contributed by atoms with Crippen molar-refractivity contribution in [3.05, 3.63) is 28.5 Å². The van der Waals surface area contributed by atoms with E-state index >= 15 is 0 Å². The molecule has 6 heteroatoms. The molecule has 0 aliphatic heterocycles. The predicted molar refractivity (Wildman–Crippen MR) is 70.4 cm³/mol. The number of hydrogen-bond donors (Lipinski definition) is 1. The average molecular weight is 308 g/mol. The summed E-state index contributed by atoms with van der Waals surface area (Å²) in [6.45, 7) is 0. The largest absolute Gasteiger partial charge is 0.433 e. The molecule has 0 spiro atoms. The van der Waals surface area contributed by atoms with Crippen molar-refractivity contribution in [2.75, 3.05) is 0 Å². The van der Waals surface area contributed by atoms with Crippen LogP contribution in [0, 0.1) is 5.92 Å². The molecule has 1 fully saturated rings. The van der Waals surface area contributed by atoms with Gasteiger partial charge in [-0.05, 0) is 24.8 Å². The van der Waals surface area contributed by atoms with Crippen molar-refractivity contribution in [3.8, 4) is 0 Å². The lowest BCUT2D eigenvalue weighted by atomic mass is 9.90. The lowest BCUT2D eigenvalue weighted by molar-refractivity contribution is -0.141. The van der Waals surface area contributed by atoms with E-state index in [4.69, 9.17) is 11.6 Å². The van der Waals surface area contributed by atoms with Crippen LogP contribution in [0.1, 0.15) is 55.9 Å². The Kier molecular flexibility index (Phi) is 4.91. The highest BCUT2D eigenvalue weighted by atomic mass is 35.5. The third kappa shape index (κ3) is 3.64. The van der Waals surface area contributed by atoms with Crippen molar-refractivity contribution in [3.63, 3.8) is 0 Å². The molecule has 0 radical (unpaired) electrons. The maximum atomic E-state index is 12.5. The summed E-state index contributed by atoms with van der Waals surface area (Å²) in [5.41, 5.74) is -0.731. The topological polar surface area (TPSA) is 33.1 Å². The van der Waals surface area contributed by atoms with Crippen molar-refractivity contribution in [1.29, 1.82) is 0 Å². The molecule has 1 aromatic rings. The lowest BCUT2D eigenvalue weighted by Crippen LogP contribution is -2.15. The van der Waals surface area contributed by atoms with Crippen LogP contribution in [0.5, 0.6) is 0 Å². The van der Waals surface area contributed by atoms with E-state index in [1.807, 2.05) is 0 Å². The zero-order valence-corrected chi connectivity index (χ0v) is 11.7. The van der Waals surface area contributed by atoms with E-state index in [0.29, 0.717) is 5.56 Å². The Bertz CT molecular complexity index is 456. The number of pyridine rings is 1. The van der Waals surface area contributed by atoms with Gasteiger partial charge in [-0.1, -0.05) is 43.4 Å². The first-order valence-electron chi connectivity index (χ1n) is 6.81. The van der Waals surface area contributed by atoms with Crippen LogP contribution in [0.15, 0.2) is 12.1 Å². The Balaban J connectivity index is 2.19. The first kappa shape index (κ1) is 15.6. The number of halogens is 4. The summed E-state index contributed by atoms with van der Waals surface area (Å²) < 4.78 is 37.6. The number of aliphatic hydroxyl groups excluding tert-OH is 1. The Labute approximate surface area is 121 Å². The number of aromatic nitrogens is 1. The van der Waals surface area contributed by atoms with Crippen LogP contribution in [0.25, 0.3) is 0 Å². The number of nitrogens with zero attached hydrogens (tertiary/aromatic N) is 1. The van der Waals surface area contributed by atoms with Crippen LogP contribution < -0.4 is 0 Å². The fourth-order valence-corrected chi connectivity index (χ4v) is 2.97. The van der Waals surface area contributed by atoms with Crippen LogP contribution in [0.2, 0.25) is 5.15 Å². The van der Waals surface area contributed by atoms with Gasteiger partial charge in [0.2, 0.25) is 0 Å². The lowest BCUT2D eigenvalue weighted by Gasteiger charge is -2.22.